The Morgan fingerprint density at radius 1 is 1.06 bits per heavy atom. The minimum absolute atomic E-state index is 0.362. The summed E-state index contributed by atoms with van der Waals surface area (Å²) in [6.45, 7) is 1.51. The third kappa shape index (κ3) is 1.77. The van der Waals surface area contributed by atoms with E-state index in [4.69, 9.17) is 9.47 Å². The Bertz CT molecular complexity index is 403. The SMILES string of the molecule is SC1CCCc2cc3c(cc21)OCCCO3. The predicted molar refractivity (Wildman–Crippen MR) is 66.7 cm³/mol. The molecular weight excluding hydrogens is 220 g/mol. The van der Waals surface area contributed by atoms with Crippen molar-refractivity contribution in [1.82, 2.24) is 0 Å². The van der Waals surface area contributed by atoms with Crippen LogP contribution in [0.5, 0.6) is 11.5 Å². The highest BCUT2D eigenvalue weighted by Gasteiger charge is 2.21. The topological polar surface area (TPSA) is 18.5 Å². The minimum Gasteiger partial charge on any atom is -0.490 e. The first kappa shape index (κ1) is 10.3. The highest BCUT2D eigenvalue weighted by molar-refractivity contribution is 7.80. The Morgan fingerprint density at radius 2 is 1.81 bits per heavy atom. The third-order valence-corrected chi connectivity index (χ3v) is 3.83. The van der Waals surface area contributed by atoms with Gasteiger partial charge in [0.25, 0.3) is 0 Å². The third-order valence-electron chi connectivity index (χ3n) is 3.29. The molecule has 16 heavy (non-hydrogen) atoms. The number of thiol groups is 1. The second kappa shape index (κ2) is 4.21. The number of hydrogen-bond acceptors (Lipinski definition) is 3. The zero-order chi connectivity index (χ0) is 11.0. The van der Waals surface area contributed by atoms with Crippen molar-refractivity contribution in [2.24, 2.45) is 0 Å². The molecule has 0 spiro atoms. The Balaban J connectivity index is 2.05. The molecule has 1 heterocycles. The van der Waals surface area contributed by atoms with E-state index in [2.05, 4.69) is 24.8 Å². The van der Waals surface area contributed by atoms with Crippen LogP contribution in [0.3, 0.4) is 0 Å². The van der Waals surface area contributed by atoms with E-state index in [0.717, 1.165) is 44.0 Å². The summed E-state index contributed by atoms with van der Waals surface area (Å²) in [5.74, 6) is 1.82. The first-order valence-electron chi connectivity index (χ1n) is 5.95. The Morgan fingerprint density at radius 3 is 2.62 bits per heavy atom. The van der Waals surface area contributed by atoms with Crippen molar-refractivity contribution in [1.29, 1.82) is 0 Å². The van der Waals surface area contributed by atoms with Gasteiger partial charge in [-0.2, -0.15) is 12.6 Å². The van der Waals surface area contributed by atoms with Crippen LogP contribution in [0.25, 0.3) is 0 Å². The van der Waals surface area contributed by atoms with Gasteiger partial charge in [-0.3, -0.25) is 0 Å². The number of aryl methyl sites for hydroxylation is 1. The zero-order valence-electron chi connectivity index (χ0n) is 9.24. The first-order chi connectivity index (χ1) is 7.84. The van der Waals surface area contributed by atoms with E-state index in [1.54, 1.807) is 0 Å². The molecule has 1 atom stereocenters. The van der Waals surface area contributed by atoms with Gasteiger partial charge in [-0.15, -0.1) is 0 Å². The maximum atomic E-state index is 5.70. The van der Waals surface area contributed by atoms with E-state index in [1.807, 2.05) is 0 Å². The van der Waals surface area contributed by atoms with E-state index >= 15 is 0 Å². The monoisotopic (exact) mass is 236 g/mol. The zero-order valence-corrected chi connectivity index (χ0v) is 10.1. The van der Waals surface area contributed by atoms with E-state index in [9.17, 15) is 0 Å². The first-order valence-corrected chi connectivity index (χ1v) is 6.47. The second-order valence-electron chi connectivity index (χ2n) is 4.46. The van der Waals surface area contributed by atoms with Crippen LogP contribution in [-0.4, -0.2) is 13.2 Å². The summed E-state index contributed by atoms with van der Waals surface area (Å²) in [6.07, 6.45) is 4.49. The van der Waals surface area contributed by atoms with E-state index in [1.165, 1.54) is 17.5 Å². The van der Waals surface area contributed by atoms with Gasteiger partial charge in [0.1, 0.15) is 0 Å². The maximum Gasteiger partial charge on any atom is 0.161 e. The molecule has 1 aliphatic heterocycles. The average Bonchev–Trinajstić information content (AvgIpc) is 2.52. The molecule has 3 heteroatoms. The van der Waals surface area contributed by atoms with Gasteiger partial charge >= 0.3 is 0 Å². The van der Waals surface area contributed by atoms with Gasteiger partial charge in [0, 0.05) is 11.7 Å². The van der Waals surface area contributed by atoms with E-state index in [0.29, 0.717) is 5.25 Å². The molecule has 0 fully saturated rings. The van der Waals surface area contributed by atoms with Gasteiger partial charge in [0.15, 0.2) is 11.5 Å². The summed E-state index contributed by atoms with van der Waals surface area (Å²) in [5.41, 5.74) is 2.72. The highest BCUT2D eigenvalue weighted by atomic mass is 32.1. The van der Waals surface area contributed by atoms with Gasteiger partial charge in [0.2, 0.25) is 0 Å². The summed E-state index contributed by atoms with van der Waals surface area (Å²) < 4.78 is 11.4. The molecule has 1 aromatic rings. The Kier molecular flexibility index (Phi) is 2.72. The molecule has 3 rings (SSSR count). The van der Waals surface area contributed by atoms with Crippen LogP contribution >= 0.6 is 12.6 Å². The number of ether oxygens (including phenoxy) is 2. The summed E-state index contributed by atoms with van der Waals surface area (Å²) in [5, 5.41) is 0.362. The van der Waals surface area contributed by atoms with E-state index < -0.39 is 0 Å². The van der Waals surface area contributed by atoms with Crippen LogP contribution in [0.2, 0.25) is 0 Å². The fourth-order valence-corrected chi connectivity index (χ4v) is 2.86. The summed E-state index contributed by atoms with van der Waals surface area (Å²) in [6, 6.07) is 4.28. The molecule has 0 aromatic heterocycles. The molecule has 86 valence electrons. The quantitative estimate of drug-likeness (QED) is 0.698. The molecular formula is C13H16O2S. The van der Waals surface area contributed by atoms with Crippen molar-refractivity contribution >= 4 is 12.6 Å². The lowest BCUT2D eigenvalue weighted by atomic mass is 9.91. The Hall–Kier alpha value is -0.830. The number of benzene rings is 1. The van der Waals surface area contributed by atoms with Crippen LogP contribution in [0.4, 0.5) is 0 Å². The fraction of sp³-hybridized carbons (Fsp3) is 0.538. The molecule has 1 unspecified atom stereocenters. The lowest BCUT2D eigenvalue weighted by Crippen LogP contribution is -2.06. The van der Waals surface area contributed by atoms with Gasteiger partial charge in [0.05, 0.1) is 13.2 Å². The van der Waals surface area contributed by atoms with Crippen molar-refractivity contribution < 1.29 is 9.47 Å². The molecule has 0 N–H and O–H groups in total. The van der Waals surface area contributed by atoms with Gasteiger partial charge in [-0.05, 0) is 42.5 Å². The summed E-state index contributed by atoms with van der Waals surface area (Å²) in [4.78, 5) is 0. The Labute approximate surface area is 101 Å². The average molecular weight is 236 g/mol. The molecule has 0 radical (unpaired) electrons. The van der Waals surface area contributed by atoms with E-state index in [-0.39, 0.29) is 0 Å². The molecule has 2 nitrogen and oxygen atoms in total. The van der Waals surface area contributed by atoms with Crippen LogP contribution in [0.15, 0.2) is 12.1 Å². The lowest BCUT2D eigenvalue weighted by molar-refractivity contribution is 0.297. The highest BCUT2D eigenvalue weighted by Crippen LogP contribution is 2.41. The van der Waals surface area contributed by atoms with Crippen LogP contribution < -0.4 is 9.47 Å². The van der Waals surface area contributed by atoms with Crippen LogP contribution in [-0.2, 0) is 6.42 Å². The second-order valence-corrected chi connectivity index (χ2v) is 5.08. The predicted octanol–water partition coefficient (Wildman–Crippen LogP) is 3.16. The molecule has 0 amide bonds. The molecule has 0 saturated carbocycles. The fourth-order valence-electron chi connectivity index (χ4n) is 2.43. The van der Waals surface area contributed by atoms with Gasteiger partial charge in [-0.25, -0.2) is 0 Å². The lowest BCUT2D eigenvalue weighted by Gasteiger charge is -2.23. The molecule has 1 aliphatic carbocycles. The van der Waals surface area contributed by atoms with Crippen molar-refractivity contribution in [2.75, 3.05) is 13.2 Å². The number of fused-ring (bicyclic) bond motifs is 2. The summed E-state index contributed by atoms with van der Waals surface area (Å²) in [7, 11) is 0. The summed E-state index contributed by atoms with van der Waals surface area (Å²) >= 11 is 4.64. The smallest absolute Gasteiger partial charge is 0.161 e. The van der Waals surface area contributed by atoms with Gasteiger partial charge in [-0.1, -0.05) is 0 Å². The van der Waals surface area contributed by atoms with Crippen LogP contribution in [0, 0.1) is 0 Å². The van der Waals surface area contributed by atoms with Crippen LogP contribution in [0.1, 0.15) is 35.6 Å². The maximum absolute atomic E-state index is 5.70. The largest absolute Gasteiger partial charge is 0.490 e. The standard InChI is InChI=1S/C13H16O2S/c16-13-4-1-3-9-7-11-12(8-10(9)13)15-6-2-5-14-11/h7-8,13,16H,1-6H2. The van der Waals surface area contributed by atoms with Gasteiger partial charge < -0.3 is 9.47 Å². The normalized spacial score (nSPS) is 23.4. The molecule has 0 bridgehead atoms. The molecule has 2 aliphatic rings. The van der Waals surface area contributed by atoms with Crippen molar-refractivity contribution in [3.05, 3.63) is 23.3 Å². The van der Waals surface area contributed by atoms with Crippen molar-refractivity contribution in [2.45, 2.75) is 30.9 Å². The van der Waals surface area contributed by atoms with Crippen molar-refractivity contribution in [3.8, 4) is 11.5 Å². The molecule has 0 saturated heterocycles. The molecule has 1 aromatic carbocycles. The number of rotatable bonds is 0. The number of hydrogen-bond donors (Lipinski definition) is 1. The minimum atomic E-state index is 0.362. The van der Waals surface area contributed by atoms with Crippen molar-refractivity contribution in [3.63, 3.8) is 0 Å².